The third-order valence-electron chi connectivity index (χ3n) is 9.03. The molecule has 0 radical (unpaired) electrons. The number of thiophene rings is 1. The van der Waals surface area contributed by atoms with Gasteiger partial charge in [-0.15, -0.1) is 11.3 Å². The van der Waals surface area contributed by atoms with Crippen molar-refractivity contribution in [1.82, 2.24) is 14.5 Å². The molecule has 0 atom stereocenters. The highest BCUT2D eigenvalue weighted by atomic mass is 32.1. The quantitative estimate of drug-likeness (QED) is 0.172. The lowest BCUT2D eigenvalue weighted by atomic mass is 9.88. The van der Waals surface area contributed by atoms with Gasteiger partial charge in [0.15, 0.2) is 0 Å². The molecule has 0 saturated heterocycles. The predicted octanol–water partition coefficient (Wildman–Crippen LogP) is 12.1. The van der Waals surface area contributed by atoms with Gasteiger partial charge >= 0.3 is 0 Å². The molecule has 0 unspecified atom stereocenters. The van der Waals surface area contributed by atoms with Gasteiger partial charge in [-0.2, -0.15) is 0 Å². The summed E-state index contributed by atoms with van der Waals surface area (Å²) >= 11 is 1.58. The van der Waals surface area contributed by atoms with Crippen LogP contribution in [0.5, 0.6) is 0 Å². The lowest BCUT2D eigenvalue weighted by Crippen LogP contribution is -2.09. The van der Waals surface area contributed by atoms with E-state index in [1.54, 1.807) is 11.3 Å². The second kappa shape index (κ2) is 12.1. The molecule has 48 heavy (non-hydrogen) atoms. The third-order valence-corrected chi connectivity index (χ3v) is 10.2. The summed E-state index contributed by atoms with van der Waals surface area (Å²) in [7, 11) is 0. The third kappa shape index (κ3) is 5.29. The fourth-order valence-electron chi connectivity index (χ4n) is 6.65. The Balaban J connectivity index is 1.38. The van der Waals surface area contributed by atoms with E-state index in [4.69, 9.17) is 12.7 Å². The van der Waals surface area contributed by atoms with E-state index in [-0.39, 0.29) is 17.7 Å². The first-order valence-corrected chi connectivity index (χ1v) is 17.2. The minimum atomic E-state index is -1.73. The zero-order valence-electron chi connectivity index (χ0n) is 29.3. The number of halogens is 1. The molecular weight excluding hydrogens is 610 g/mol. The molecule has 0 amide bonds. The Morgan fingerprint density at radius 2 is 1.42 bits per heavy atom. The maximum atomic E-state index is 13.9. The van der Waals surface area contributed by atoms with Gasteiger partial charge in [-0.25, -0.2) is 14.4 Å². The van der Waals surface area contributed by atoms with Gasteiger partial charge in [0.2, 0.25) is 0 Å². The zero-order chi connectivity index (χ0) is 34.7. The molecule has 0 saturated carbocycles. The summed E-state index contributed by atoms with van der Waals surface area (Å²) in [5, 5.41) is 2.07. The molecule has 3 aromatic heterocycles. The first kappa shape index (κ1) is 27.9. The molecule has 0 aliphatic heterocycles. The Hall–Kier alpha value is -5.13. The van der Waals surface area contributed by atoms with E-state index in [1.807, 2.05) is 60.7 Å². The molecule has 8 aromatic rings. The van der Waals surface area contributed by atoms with Crippen molar-refractivity contribution in [3.05, 3.63) is 150 Å². The summed E-state index contributed by atoms with van der Waals surface area (Å²) in [4.78, 5) is 11.0. The van der Waals surface area contributed by atoms with E-state index in [0.717, 1.165) is 59.5 Å². The highest BCUT2D eigenvalue weighted by Crippen LogP contribution is 2.44. The lowest BCUT2D eigenvalue weighted by Gasteiger charge is -2.24. The van der Waals surface area contributed by atoms with E-state index >= 15 is 0 Å². The summed E-state index contributed by atoms with van der Waals surface area (Å²) in [6.45, 7) is 8.89. The number of para-hydroxylation sites is 2. The van der Waals surface area contributed by atoms with Crippen molar-refractivity contribution in [2.45, 2.75) is 45.9 Å². The van der Waals surface area contributed by atoms with E-state index in [9.17, 15) is 4.39 Å². The van der Waals surface area contributed by atoms with Gasteiger partial charge in [0.25, 0.3) is 0 Å². The zero-order valence-corrected chi connectivity index (χ0v) is 28.1. The second-order valence-electron chi connectivity index (χ2n) is 12.9. The number of fused-ring (bicyclic) bond motifs is 4. The van der Waals surface area contributed by atoms with Gasteiger partial charge in [-0.05, 0) is 94.3 Å². The monoisotopic (exact) mass is 647 g/mol. The highest BCUT2D eigenvalue weighted by Gasteiger charge is 2.25. The van der Waals surface area contributed by atoms with Crippen LogP contribution in [0.4, 0.5) is 4.39 Å². The fourth-order valence-corrected chi connectivity index (χ4v) is 7.84. The molecule has 0 aliphatic rings. The first-order chi connectivity index (χ1) is 24.1. The minimum Gasteiger partial charge on any atom is -0.292 e. The number of imidazole rings is 1. The molecule has 0 spiro atoms. The van der Waals surface area contributed by atoms with Gasteiger partial charge in [0.1, 0.15) is 16.5 Å². The number of hydrogen-bond acceptors (Lipinski definition) is 3. The minimum absolute atomic E-state index is 0.194. The van der Waals surface area contributed by atoms with Crippen molar-refractivity contribution >= 4 is 42.7 Å². The lowest BCUT2D eigenvalue weighted by molar-refractivity contribution is 0.628. The van der Waals surface area contributed by atoms with Crippen LogP contribution in [-0.2, 0) is 6.37 Å². The Morgan fingerprint density at radius 3 is 2.15 bits per heavy atom. The van der Waals surface area contributed by atoms with E-state index < -0.39 is 6.37 Å². The number of benzene rings is 5. The van der Waals surface area contributed by atoms with Crippen LogP contribution in [0.25, 0.3) is 59.5 Å². The normalized spacial score (nSPS) is 12.8. The van der Waals surface area contributed by atoms with Crippen molar-refractivity contribution in [2.75, 3.05) is 0 Å². The van der Waals surface area contributed by atoms with E-state index in [0.29, 0.717) is 11.3 Å². The summed E-state index contributed by atoms with van der Waals surface area (Å²) < 4.78 is 35.2. The van der Waals surface area contributed by atoms with Crippen molar-refractivity contribution in [3.63, 3.8) is 0 Å². The molecule has 0 fully saturated rings. The molecule has 236 valence electrons. The average Bonchev–Trinajstić information content (AvgIpc) is 3.70. The summed E-state index contributed by atoms with van der Waals surface area (Å²) in [6, 6.07) is 38.9. The Bertz CT molecular complexity index is 2500. The van der Waals surface area contributed by atoms with Crippen LogP contribution >= 0.6 is 11.3 Å². The maximum Gasteiger partial charge on any atom is 0.147 e. The van der Waals surface area contributed by atoms with Crippen molar-refractivity contribution in [2.24, 2.45) is 0 Å². The molecular formula is C43H36FN3S. The molecule has 0 bridgehead atoms. The Labute approximate surface area is 287 Å². The van der Waals surface area contributed by atoms with Crippen LogP contribution in [0, 0.1) is 5.82 Å². The standard InChI is InChI=1S/C43H36FN3S/c1-26(2)36-24-30(29-17-19-31(44)20-18-29)25-37(27(3)4)40(36)47-39-16-9-8-15-38(39)46-42(47)35-14-10-13-33-34-22-21-32(45-43(34)48-41(33)35)23-28-11-6-5-7-12-28/h5-22,24-27H,23H2,1-4H3/i23D2. The highest BCUT2D eigenvalue weighted by molar-refractivity contribution is 7.26. The molecule has 0 aliphatic carbocycles. The van der Waals surface area contributed by atoms with Gasteiger partial charge in [-0.1, -0.05) is 94.4 Å². The maximum absolute atomic E-state index is 13.9. The van der Waals surface area contributed by atoms with Crippen LogP contribution in [0.1, 0.15) is 64.7 Å². The van der Waals surface area contributed by atoms with Gasteiger partial charge in [0.05, 0.1) is 16.7 Å². The van der Waals surface area contributed by atoms with Gasteiger partial charge in [0, 0.05) is 35.8 Å². The second-order valence-corrected chi connectivity index (χ2v) is 13.9. The van der Waals surface area contributed by atoms with Crippen molar-refractivity contribution < 1.29 is 7.13 Å². The molecule has 5 aromatic carbocycles. The van der Waals surface area contributed by atoms with Gasteiger partial charge < -0.3 is 0 Å². The van der Waals surface area contributed by atoms with Crippen LogP contribution < -0.4 is 0 Å². The number of aromatic nitrogens is 3. The Kier molecular flexibility index (Phi) is 7.07. The molecule has 3 heterocycles. The summed E-state index contributed by atoms with van der Waals surface area (Å²) in [6.07, 6.45) is -1.73. The number of nitrogens with zero attached hydrogens (tertiary/aromatic N) is 3. The SMILES string of the molecule is [2H]C([2H])(c1ccccc1)c1ccc2c(n1)sc1c(-c3nc4ccccc4n3-c3c(C(C)C)cc(-c4ccc(F)cc4)cc3C(C)C)cccc12. The summed E-state index contributed by atoms with van der Waals surface area (Å²) in [5.41, 5.74) is 9.46. The van der Waals surface area contributed by atoms with Crippen LogP contribution in [0.2, 0.25) is 0 Å². The predicted molar refractivity (Wildman–Crippen MR) is 200 cm³/mol. The van der Waals surface area contributed by atoms with Gasteiger partial charge in [-0.3, -0.25) is 4.57 Å². The summed E-state index contributed by atoms with van der Waals surface area (Å²) in [5.74, 6) is 0.991. The van der Waals surface area contributed by atoms with E-state index in [1.165, 1.54) is 23.3 Å². The van der Waals surface area contributed by atoms with Crippen LogP contribution in [0.3, 0.4) is 0 Å². The van der Waals surface area contributed by atoms with E-state index in [2.05, 4.69) is 80.8 Å². The number of hydrogen-bond donors (Lipinski definition) is 0. The molecule has 8 rings (SSSR count). The average molecular weight is 648 g/mol. The Morgan fingerprint density at radius 1 is 0.708 bits per heavy atom. The fraction of sp³-hybridized carbons (Fsp3) is 0.163. The molecule has 5 heteroatoms. The van der Waals surface area contributed by atoms with Crippen LogP contribution in [-0.4, -0.2) is 14.5 Å². The number of rotatable bonds is 7. The largest absolute Gasteiger partial charge is 0.292 e. The smallest absolute Gasteiger partial charge is 0.147 e. The van der Waals surface area contributed by atoms with Crippen molar-refractivity contribution in [1.29, 1.82) is 0 Å². The first-order valence-electron chi connectivity index (χ1n) is 17.4. The van der Waals surface area contributed by atoms with Crippen molar-refractivity contribution in [3.8, 4) is 28.2 Å². The topological polar surface area (TPSA) is 30.7 Å². The molecule has 3 nitrogen and oxygen atoms in total. The van der Waals surface area contributed by atoms with Crippen LogP contribution in [0.15, 0.2) is 121 Å². The molecule has 0 N–H and O–H groups in total. The number of pyridine rings is 1.